The summed E-state index contributed by atoms with van der Waals surface area (Å²) in [4.78, 5) is 0. The zero-order chi connectivity index (χ0) is 20.6. The maximum Gasteiger partial charge on any atom is 0.161 e. The first kappa shape index (κ1) is 19.2. The van der Waals surface area contributed by atoms with Gasteiger partial charge in [0, 0.05) is 23.9 Å². The fraction of sp³-hybridized carbons (Fsp3) is 0.333. The SMILES string of the molecule is COc1ccc(CC2(C)c3cc(OC)c(OC)cc3Cn3cccc32)cc1OC. The van der Waals surface area contributed by atoms with Crippen LogP contribution in [-0.4, -0.2) is 33.0 Å². The van der Waals surface area contributed by atoms with Gasteiger partial charge in [0.05, 0.1) is 28.4 Å². The Kier molecular flexibility index (Phi) is 4.91. The number of nitrogens with zero attached hydrogens (tertiary/aromatic N) is 1. The van der Waals surface area contributed by atoms with Crippen molar-refractivity contribution >= 4 is 0 Å². The molecule has 1 atom stereocenters. The largest absolute Gasteiger partial charge is 0.493 e. The molecule has 1 aliphatic rings. The summed E-state index contributed by atoms with van der Waals surface area (Å²) in [5.74, 6) is 2.99. The molecule has 2 aromatic carbocycles. The van der Waals surface area contributed by atoms with Crippen LogP contribution in [0, 0.1) is 0 Å². The van der Waals surface area contributed by atoms with Crippen LogP contribution in [0.2, 0.25) is 0 Å². The zero-order valence-corrected chi connectivity index (χ0v) is 17.6. The van der Waals surface area contributed by atoms with Crippen molar-refractivity contribution in [2.75, 3.05) is 28.4 Å². The average Bonchev–Trinajstić information content (AvgIpc) is 3.22. The molecule has 152 valence electrons. The molecule has 1 unspecified atom stereocenters. The summed E-state index contributed by atoms with van der Waals surface area (Å²) in [7, 11) is 6.68. The molecule has 2 heterocycles. The van der Waals surface area contributed by atoms with Crippen molar-refractivity contribution in [2.24, 2.45) is 0 Å². The van der Waals surface area contributed by atoms with Gasteiger partial charge in [-0.25, -0.2) is 0 Å². The first-order valence-electron chi connectivity index (χ1n) is 9.66. The Morgan fingerprint density at radius 1 is 0.828 bits per heavy atom. The van der Waals surface area contributed by atoms with Crippen LogP contribution in [0.1, 0.15) is 29.3 Å². The lowest BCUT2D eigenvalue weighted by atomic mass is 9.71. The van der Waals surface area contributed by atoms with E-state index in [1.54, 1.807) is 28.4 Å². The quantitative estimate of drug-likeness (QED) is 0.621. The second kappa shape index (κ2) is 7.39. The monoisotopic (exact) mass is 393 g/mol. The molecule has 1 aromatic heterocycles. The minimum absolute atomic E-state index is 0.226. The molecule has 1 aliphatic heterocycles. The zero-order valence-electron chi connectivity index (χ0n) is 17.6. The van der Waals surface area contributed by atoms with E-state index in [2.05, 4.69) is 54.1 Å². The van der Waals surface area contributed by atoms with Crippen molar-refractivity contribution in [1.29, 1.82) is 0 Å². The third kappa shape index (κ3) is 3.11. The van der Waals surface area contributed by atoms with Crippen molar-refractivity contribution in [1.82, 2.24) is 4.57 Å². The summed E-state index contributed by atoms with van der Waals surface area (Å²) < 4.78 is 24.4. The minimum Gasteiger partial charge on any atom is -0.493 e. The first-order valence-corrected chi connectivity index (χ1v) is 9.66. The highest BCUT2D eigenvalue weighted by Crippen LogP contribution is 2.45. The van der Waals surface area contributed by atoms with Gasteiger partial charge in [0.1, 0.15) is 0 Å². The van der Waals surface area contributed by atoms with Gasteiger partial charge in [-0.1, -0.05) is 6.07 Å². The van der Waals surface area contributed by atoms with E-state index in [4.69, 9.17) is 18.9 Å². The summed E-state index contributed by atoms with van der Waals surface area (Å²) in [6, 6.07) is 14.7. The molecule has 29 heavy (non-hydrogen) atoms. The molecule has 0 N–H and O–H groups in total. The van der Waals surface area contributed by atoms with Crippen LogP contribution >= 0.6 is 0 Å². The standard InChI is InChI=1S/C24H27NO4/c1-24(14-16-8-9-19(26-2)20(11-16)27-3)18-13-22(29-5)21(28-4)12-17(18)15-25-10-6-7-23(24)25/h6-13H,14-15H2,1-5H3. The molecule has 0 saturated heterocycles. The molecule has 5 heteroatoms. The van der Waals surface area contributed by atoms with E-state index < -0.39 is 0 Å². The number of ether oxygens (including phenoxy) is 4. The van der Waals surface area contributed by atoms with Crippen molar-refractivity contribution in [3.8, 4) is 23.0 Å². The number of hydrogen-bond donors (Lipinski definition) is 0. The maximum absolute atomic E-state index is 5.61. The highest BCUT2D eigenvalue weighted by Gasteiger charge is 2.38. The Balaban J connectivity index is 1.85. The van der Waals surface area contributed by atoms with Crippen LogP contribution in [0.5, 0.6) is 23.0 Å². The molecule has 0 bridgehead atoms. The highest BCUT2D eigenvalue weighted by molar-refractivity contribution is 5.55. The van der Waals surface area contributed by atoms with Crippen molar-refractivity contribution in [2.45, 2.75) is 25.3 Å². The number of methoxy groups -OCH3 is 4. The fourth-order valence-corrected chi connectivity index (χ4v) is 4.52. The second-order valence-corrected chi connectivity index (χ2v) is 7.58. The van der Waals surface area contributed by atoms with Crippen LogP contribution in [0.4, 0.5) is 0 Å². The number of aromatic nitrogens is 1. The van der Waals surface area contributed by atoms with Gasteiger partial charge in [-0.05, 0) is 66.4 Å². The Morgan fingerprint density at radius 3 is 2.17 bits per heavy atom. The summed E-state index contributed by atoms with van der Waals surface area (Å²) in [6.45, 7) is 3.11. The Bertz CT molecular complexity index is 1040. The normalized spacial score (nSPS) is 17.3. The Hall–Kier alpha value is -3.08. The van der Waals surface area contributed by atoms with Gasteiger partial charge in [0.15, 0.2) is 23.0 Å². The van der Waals surface area contributed by atoms with Crippen molar-refractivity contribution in [3.63, 3.8) is 0 Å². The first-order chi connectivity index (χ1) is 14.0. The van der Waals surface area contributed by atoms with Gasteiger partial charge in [-0.3, -0.25) is 0 Å². The van der Waals surface area contributed by atoms with Crippen LogP contribution in [0.25, 0.3) is 0 Å². The molecule has 0 fully saturated rings. The second-order valence-electron chi connectivity index (χ2n) is 7.58. The van der Waals surface area contributed by atoms with E-state index in [1.165, 1.54) is 22.4 Å². The Morgan fingerprint density at radius 2 is 1.48 bits per heavy atom. The number of hydrogen-bond acceptors (Lipinski definition) is 4. The molecule has 0 saturated carbocycles. The Labute approximate surface area is 171 Å². The molecule has 4 rings (SSSR count). The molecule has 0 radical (unpaired) electrons. The summed E-state index contributed by atoms with van der Waals surface area (Å²) in [5, 5.41) is 0. The van der Waals surface area contributed by atoms with E-state index in [0.29, 0.717) is 0 Å². The van der Waals surface area contributed by atoms with Gasteiger partial charge >= 0.3 is 0 Å². The highest BCUT2D eigenvalue weighted by atomic mass is 16.5. The summed E-state index contributed by atoms with van der Waals surface area (Å²) >= 11 is 0. The predicted octanol–water partition coefficient (Wildman–Crippen LogP) is 4.43. The maximum atomic E-state index is 5.61. The van der Waals surface area contributed by atoms with Crippen molar-refractivity contribution in [3.05, 3.63) is 71.0 Å². The third-order valence-electron chi connectivity index (χ3n) is 5.95. The molecule has 0 aliphatic carbocycles. The van der Waals surface area contributed by atoms with E-state index in [1.807, 2.05) is 6.07 Å². The van der Waals surface area contributed by atoms with Gasteiger partial charge in [-0.15, -0.1) is 0 Å². The fourth-order valence-electron chi connectivity index (χ4n) is 4.52. The lowest BCUT2D eigenvalue weighted by Crippen LogP contribution is -2.35. The van der Waals surface area contributed by atoms with Gasteiger partial charge < -0.3 is 23.5 Å². The van der Waals surface area contributed by atoms with E-state index in [0.717, 1.165) is 36.0 Å². The van der Waals surface area contributed by atoms with Gasteiger partial charge in [0.2, 0.25) is 0 Å². The molecule has 5 nitrogen and oxygen atoms in total. The third-order valence-corrected chi connectivity index (χ3v) is 5.95. The topological polar surface area (TPSA) is 41.9 Å². The van der Waals surface area contributed by atoms with Crippen LogP contribution in [0.3, 0.4) is 0 Å². The smallest absolute Gasteiger partial charge is 0.161 e. The van der Waals surface area contributed by atoms with Crippen molar-refractivity contribution < 1.29 is 18.9 Å². The number of fused-ring (bicyclic) bond motifs is 2. The molecule has 0 amide bonds. The number of benzene rings is 2. The lowest BCUT2D eigenvalue weighted by Gasteiger charge is -2.38. The molecular weight excluding hydrogens is 366 g/mol. The lowest BCUT2D eigenvalue weighted by molar-refractivity contribution is 0.350. The van der Waals surface area contributed by atoms with E-state index >= 15 is 0 Å². The van der Waals surface area contributed by atoms with Crippen LogP contribution in [0.15, 0.2) is 48.7 Å². The van der Waals surface area contributed by atoms with E-state index in [9.17, 15) is 0 Å². The van der Waals surface area contributed by atoms with Gasteiger partial charge in [-0.2, -0.15) is 0 Å². The molecule has 0 spiro atoms. The van der Waals surface area contributed by atoms with Crippen LogP contribution < -0.4 is 18.9 Å². The summed E-state index contributed by atoms with van der Waals surface area (Å²) in [6.07, 6.45) is 2.96. The average molecular weight is 393 g/mol. The molecular formula is C24H27NO4. The minimum atomic E-state index is -0.226. The number of rotatable bonds is 6. The van der Waals surface area contributed by atoms with E-state index in [-0.39, 0.29) is 5.41 Å². The van der Waals surface area contributed by atoms with Gasteiger partial charge in [0.25, 0.3) is 0 Å². The van der Waals surface area contributed by atoms with Crippen LogP contribution in [-0.2, 0) is 18.4 Å². The molecule has 3 aromatic rings. The summed E-state index contributed by atoms with van der Waals surface area (Å²) in [5.41, 5.74) is 4.74. The predicted molar refractivity (Wildman–Crippen MR) is 113 cm³/mol.